The minimum Gasteiger partial charge on any atom is -0.497 e. The molecule has 1 N–H and O–H groups in total. The van der Waals surface area contributed by atoms with Gasteiger partial charge in [-0.2, -0.15) is 0 Å². The molecule has 0 aliphatic rings. The quantitative estimate of drug-likeness (QED) is 0.351. The van der Waals surface area contributed by atoms with E-state index in [0.717, 1.165) is 0 Å². The molecule has 1 aromatic rings. The van der Waals surface area contributed by atoms with E-state index >= 15 is 0 Å². The number of oxime groups is 1. The smallest absolute Gasteiger partial charge is 0.148 e. The minimum atomic E-state index is 0.165. The summed E-state index contributed by atoms with van der Waals surface area (Å²) in [7, 11) is 1.55. The first-order valence-electron chi connectivity index (χ1n) is 4.23. The number of hydrogen-bond acceptors (Lipinski definition) is 4. The molecule has 0 fully saturated rings. The molecule has 0 radical (unpaired) electrons. The molecule has 0 aliphatic heterocycles. The summed E-state index contributed by atoms with van der Waals surface area (Å²) < 4.78 is 10.3. The van der Waals surface area contributed by atoms with Crippen molar-refractivity contribution < 1.29 is 14.7 Å². The third-order valence-corrected chi connectivity index (χ3v) is 1.72. The molecule has 4 nitrogen and oxygen atoms in total. The molecular weight excluding hydrogens is 194 g/mol. The number of nitrogens with zero attached hydrogens (tertiary/aromatic N) is 1. The second-order valence-corrected chi connectivity index (χ2v) is 2.64. The number of benzene rings is 1. The van der Waals surface area contributed by atoms with E-state index in [2.05, 4.69) is 11.1 Å². The number of rotatable bonds is 4. The summed E-state index contributed by atoms with van der Waals surface area (Å²) in [6, 6.07) is 5.12. The maximum absolute atomic E-state index is 8.47. The molecule has 4 heteroatoms. The van der Waals surface area contributed by atoms with Crippen LogP contribution in [0, 0.1) is 12.3 Å². The third-order valence-electron chi connectivity index (χ3n) is 1.72. The summed E-state index contributed by atoms with van der Waals surface area (Å²) in [4.78, 5) is 0. The van der Waals surface area contributed by atoms with Crippen LogP contribution < -0.4 is 9.47 Å². The first kappa shape index (κ1) is 10.9. The van der Waals surface area contributed by atoms with E-state index in [1.807, 2.05) is 0 Å². The Kier molecular flexibility index (Phi) is 4.05. The van der Waals surface area contributed by atoms with Crippen LogP contribution in [0.3, 0.4) is 0 Å². The Labute approximate surface area is 88.1 Å². The van der Waals surface area contributed by atoms with Crippen LogP contribution >= 0.6 is 0 Å². The van der Waals surface area contributed by atoms with Gasteiger partial charge in [-0.25, -0.2) is 0 Å². The molecule has 0 atom stereocenters. The maximum Gasteiger partial charge on any atom is 0.148 e. The summed E-state index contributed by atoms with van der Waals surface area (Å²) in [6.07, 6.45) is 6.33. The molecule has 0 saturated heterocycles. The zero-order valence-corrected chi connectivity index (χ0v) is 8.30. The molecule has 78 valence electrons. The summed E-state index contributed by atoms with van der Waals surface area (Å²) in [5.41, 5.74) is 0.604. The Morgan fingerprint density at radius 1 is 1.60 bits per heavy atom. The standard InChI is InChI=1S/C11H11NO3/c1-3-6-15-11-5-4-10(14-2)7-9(11)8-12-13/h1,4-5,7-8,13H,6H2,2H3/b12-8+. The van der Waals surface area contributed by atoms with E-state index in [1.54, 1.807) is 25.3 Å². The van der Waals surface area contributed by atoms with Gasteiger partial charge in [-0.3, -0.25) is 0 Å². The highest BCUT2D eigenvalue weighted by Crippen LogP contribution is 2.22. The Hall–Kier alpha value is -2.15. The van der Waals surface area contributed by atoms with Crippen molar-refractivity contribution in [1.82, 2.24) is 0 Å². The molecule has 0 aliphatic carbocycles. The van der Waals surface area contributed by atoms with E-state index in [-0.39, 0.29) is 6.61 Å². The van der Waals surface area contributed by atoms with Crippen molar-refractivity contribution in [2.75, 3.05) is 13.7 Å². The van der Waals surface area contributed by atoms with E-state index in [4.69, 9.17) is 21.1 Å². The van der Waals surface area contributed by atoms with Gasteiger partial charge in [0, 0.05) is 5.56 Å². The second kappa shape index (κ2) is 5.55. The predicted molar refractivity (Wildman–Crippen MR) is 56.7 cm³/mol. The fourth-order valence-corrected chi connectivity index (χ4v) is 1.07. The van der Waals surface area contributed by atoms with Crippen molar-refractivity contribution >= 4 is 6.21 Å². The van der Waals surface area contributed by atoms with Crippen LogP contribution in [0.15, 0.2) is 23.4 Å². The average Bonchev–Trinajstić information content (AvgIpc) is 2.27. The fourth-order valence-electron chi connectivity index (χ4n) is 1.07. The summed E-state index contributed by atoms with van der Waals surface area (Å²) in [5, 5.41) is 11.4. The van der Waals surface area contributed by atoms with Crippen LogP contribution in [-0.2, 0) is 0 Å². The molecule has 1 aromatic carbocycles. The van der Waals surface area contributed by atoms with Gasteiger partial charge in [-0.05, 0) is 18.2 Å². The van der Waals surface area contributed by atoms with Crippen molar-refractivity contribution in [3.63, 3.8) is 0 Å². The van der Waals surface area contributed by atoms with Gasteiger partial charge in [-0.15, -0.1) is 6.42 Å². The van der Waals surface area contributed by atoms with Crippen molar-refractivity contribution in [2.45, 2.75) is 0 Å². The van der Waals surface area contributed by atoms with Crippen LogP contribution in [0.1, 0.15) is 5.56 Å². The largest absolute Gasteiger partial charge is 0.497 e. The average molecular weight is 205 g/mol. The Balaban J connectivity index is 2.99. The Bertz CT molecular complexity index is 393. The number of hydrogen-bond donors (Lipinski definition) is 1. The SMILES string of the molecule is C#CCOc1ccc(OC)cc1/C=N/O. The van der Waals surface area contributed by atoms with Crippen molar-refractivity contribution in [3.05, 3.63) is 23.8 Å². The Morgan fingerprint density at radius 3 is 3.00 bits per heavy atom. The lowest BCUT2D eigenvalue weighted by Crippen LogP contribution is -1.98. The van der Waals surface area contributed by atoms with Crippen LogP contribution in [-0.4, -0.2) is 25.1 Å². The maximum atomic E-state index is 8.47. The molecule has 0 amide bonds. The van der Waals surface area contributed by atoms with Crippen molar-refractivity contribution in [3.8, 4) is 23.8 Å². The van der Waals surface area contributed by atoms with Crippen molar-refractivity contribution in [2.24, 2.45) is 5.16 Å². The molecule has 0 unspecified atom stereocenters. The minimum absolute atomic E-state index is 0.165. The predicted octanol–water partition coefficient (Wildman–Crippen LogP) is 1.52. The van der Waals surface area contributed by atoms with Crippen LogP contribution in [0.5, 0.6) is 11.5 Å². The van der Waals surface area contributed by atoms with Gasteiger partial charge in [0.2, 0.25) is 0 Å². The highest BCUT2D eigenvalue weighted by atomic mass is 16.5. The van der Waals surface area contributed by atoms with Gasteiger partial charge in [0.05, 0.1) is 13.3 Å². The van der Waals surface area contributed by atoms with Gasteiger partial charge in [-0.1, -0.05) is 11.1 Å². The van der Waals surface area contributed by atoms with Crippen LogP contribution in [0.4, 0.5) is 0 Å². The molecule has 15 heavy (non-hydrogen) atoms. The highest BCUT2D eigenvalue weighted by Gasteiger charge is 2.03. The van der Waals surface area contributed by atoms with E-state index < -0.39 is 0 Å². The second-order valence-electron chi connectivity index (χ2n) is 2.64. The molecule has 1 rings (SSSR count). The topological polar surface area (TPSA) is 51.0 Å². The first-order valence-corrected chi connectivity index (χ1v) is 4.23. The van der Waals surface area contributed by atoms with Gasteiger partial charge in [0.25, 0.3) is 0 Å². The monoisotopic (exact) mass is 205 g/mol. The van der Waals surface area contributed by atoms with Gasteiger partial charge >= 0.3 is 0 Å². The lowest BCUT2D eigenvalue weighted by Gasteiger charge is -2.07. The third kappa shape index (κ3) is 2.92. The normalized spacial score (nSPS) is 9.87. The lowest BCUT2D eigenvalue weighted by molar-refractivity contribution is 0.321. The molecule has 0 bridgehead atoms. The van der Waals surface area contributed by atoms with E-state index in [0.29, 0.717) is 17.1 Å². The first-order chi connectivity index (χ1) is 7.31. The summed E-state index contributed by atoms with van der Waals surface area (Å²) in [6.45, 7) is 0.165. The zero-order chi connectivity index (χ0) is 11.1. The fraction of sp³-hybridized carbons (Fsp3) is 0.182. The van der Waals surface area contributed by atoms with Gasteiger partial charge in [0.1, 0.15) is 18.1 Å². The molecular formula is C11H11NO3. The molecule has 0 saturated carbocycles. The molecule has 0 aromatic heterocycles. The van der Waals surface area contributed by atoms with Gasteiger partial charge < -0.3 is 14.7 Å². The Morgan fingerprint density at radius 2 is 2.40 bits per heavy atom. The summed E-state index contributed by atoms with van der Waals surface area (Å²) >= 11 is 0. The van der Waals surface area contributed by atoms with E-state index in [9.17, 15) is 0 Å². The van der Waals surface area contributed by atoms with Crippen LogP contribution in [0.25, 0.3) is 0 Å². The van der Waals surface area contributed by atoms with Crippen molar-refractivity contribution in [1.29, 1.82) is 0 Å². The number of methoxy groups -OCH3 is 1. The number of terminal acetylenes is 1. The van der Waals surface area contributed by atoms with Gasteiger partial charge in [0.15, 0.2) is 0 Å². The molecule has 0 heterocycles. The van der Waals surface area contributed by atoms with E-state index in [1.165, 1.54) is 6.21 Å². The lowest BCUT2D eigenvalue weighted by atomic mass is 10.2. The van der Waals surface area contributed by atoms with Crippen LogP contribution in [0.2, 0.25) is 0 Å². The zero-order valence-electron chi connectivity index (χ0n) is 8.30. The summed E-state index contributed by atoms with van der Waals surface area (Å²) in [5.74, 6) is 3.55. The number of ether oxygens (including phenoxy) is 2. The highest BCUT2D eigenvalue weighted by molar-refractivity contribution is 5.83. The molecule has 0 spiro atoms.